The Morgan fingerprint density at radius 2 is 1.96 bits per heavy atom. The van der Waals surface area contributed by atoms with E-state index in [1.165, 1.54) is 0 Å². The molecule has 4 nitrogen and oxygen atoms in total. The number of carbonyl (C=O) groups excluding carboxylic acids is 1. The van der Waals surface area contributed by atoms with Crippen LogP contribution in [0.15, 0.2) is 36.4 Å². The molecule has 0 saturated heterocycles. The molecule has 5 heteroatoms. The summed E-state index contributed by atoms with van der Waals surface area (Å²) in [5.41, 5.74) is 3.54. The van der Waals surface area contributed by atoms with Crippen molar-refractivity contribution in [1.82, 2.24) is 5.32 Å². The van der Waals surface area contributed by atoms with Crippen LogP contribution in [0.5, 0.6) is 0 Å². The molecule has 0 bridgehead atoms. The van der Waals surface area contributed by atoms with E-state index in [1.807, 2.05) is 18.2 Å². The van der Waals surface area contributed by atoms with Gasteiger partial charge in [-0.05, 0) is 67.8 Å². The predicted octanol–water partition coefficient (Wildman–Crippen LogP) is 3.96. The lowest BCUT2D eigenvalue weighted by atomic mass is 9.99. The van der Waals surface area contributed by atoms with Crippen LogP contribution in [-0.2, 0) is 13.0 Å². The van der Waals surface area contributed by atoms with Crippen molar-refractivity contribution in [2.75, 3.05) is 29.9 Å². The van der Waals surface area contributed by atoms with Gasteiger partial charge in [-0.2, -0.15) is 0 Å². The van der Waals surface area contributed by atoms with Gasteiger partial charge in [0, 0.05) is 30.9 Å². The zero-order valence-electron chi connectivity index (χ0n) is 15.4. The first-order valence-electron chi connectivity index (χ1n) is 9.31. The summed E-state index contributed by atoms with van der Waals surface area (Å²) in [7, 11) is 0. The lowest BCUT2D eigenvalue weighted by Crippen LogP contribution is -2.25. The topological polar surface area (TPSA) is 44.4 Å². The third kappa shape index (κ3) is 3.88. The Kier molecular flexibility index (Phi) is 5.89. The smallest absolute Gasteiger partial charge is 0.255 e. The highest BCUT2D eigenvalue weighted by molar-refractivity contribution is 6.04. The fourth-order valence-corrected chi connectivity index (χ4v) is 3.39. The van der Waals surface area contributed by atoms with E-state index in [2.05, 4.69) is 29.4 Å². The third-order valence-electron chi connectivity index (χ3n) is 4.83. The monoisotopic (exact) mass is 355 g/mol. The summed E-state index contributed by atoms with van der Waals surface area (Å²) in [6.45, 7) is 7.60. The average molecular weight is 355 g/mol. The van der Waals surface area contributed by atoms with Gasteiger partial charge < -0.3 is 15.5 Å². The number of carbonyl (C=O) groups is 1. The Morgan fingerprint density at radius 3 is 2.65 bits per heavy atom. The molecule has 1 heterocycles. The molecule has 1 amide bonds. The van der Waals surface area contributed by atoms with E-state index in [1.54, 1.807) is 18.2 Å². The van der Waals surface area contributed by atoms with E-state index in [0.29, 0.717) is 24.1 Å². The minimum atomic E-state index is -0.311. The van der Waals surface area contributed by atoms with E-state index in [0.717, 1.165) is 37.3 Å². The van der Waals surface area contributed by atoms with Crippen LogP contribution >= 0.6 is 0 Å². The Morgan fingerprint density at radius 1 is 1.19 bits per heavy atom. The molecule has 0 aliphatic carbocycles. The van der Waals surface area contributed by atoms with Gasteiger partial charge in [-0.15, -0.1) is 0 Å². The molecule has 138 valence electrons. The fraction of sp³-hybridized carbons (Fsp3) is 0.381. The summed E-state index contributed by atoms with van der Waals surface area (Å²) in [6.07, 6.45) is 1.72. The first kappa shape index (κ1) is 18.4. The number of fused-ring (bicyclic) bond motifs is 1. The second-order valence-electron chi connectivity index (χ2n) is 6.57. The zero-order valence-corrected chi connectivity index (χ0v) is 15.4. The summed E-state index contributed by atoms with van der Waals surface area (Å²) >= 11 is 0. The quantitative estimate of drug-likeness (QED) is 0.824. The lowest BCUT2D eigenvalue weighted by Gasteiger charge is -2.22. The van der Waals surface area contributed by atoms with Crippen molar-refractivity contribution in [2.45, 2.75) is 33.2 Å². The predicted molar refractivity (Wildman–Crippen MR) is 104 cm³/mol. The number of nitrogens with one attached hydrogen (secondary N) is 2. The molecule has 0 saturated carbocycles. The minimum Gasteiger partial charge on any atom is -0.372 e. The van der Waals surface area contributed by atoms with Crippen molar-refractivity contribution < 1.29 is 9.18 Å². The average Bonchev–Trinajstić information content (AvgIpc) is 2.68. The molecule has 1 aliphatic rings. The summed E-state index contributed by atoms with van der Waals surface area (Å²) in [6, 6.07) is 11.0. The summed E-state index contributed by atoms with van der Waals surface area (Å²) in [5, 5.41) is 5.94. The number of halogens is 1. The molecule has 0 fully saturated rings. The van der Waals surface area contributed by atoms with Crippen molar-refractivity contribution in [3.05, 3.63) is 58.9 Å². The number of rotatable bonds is 6. The molecular weight excluding hydrogens is 329 g/mol. The molecule has 2 aromatic carbocycles. The Bertz CT molecular complexity index is 774. The van der Waals surface area contributed by atoms with Crippen LogP contribution in [0, 0.1) is 5.82 Å². The van der Waals surface area contributed by atoms with Crippen LogP contribution in [0.1, 0.15) is 41.8 Å². The highest BCUT2D eigenvalue weighted by atomic mass is 19.1. The van der Waals surface area contributed by atoms with Gasteiger partial charge in [0.05, 0.1) is 5.69 Å². The molecular formula is C21H26FN3O. The van der Waals surface area contributed by atoms with E-state index >= 15 is 0 Å². The maximum Gasteiger partial charge on any atom is 0.255 e. The molecule has 0 aromatic heterocycles. The molecule has 0 radical (unpaired) electrons. The summed E-state index contributed by atoms with van der Waals surface area (Å²) < 4.78 is 14.7. The van der Waals surface area contributed by atoms with E-state index < -0.39 is 0 Å². The number of anilines is 2. The van der Waals surface area contributed by atoms with Crippen LogP contribution in [0.3, 0.4) is 0 Å². The van der Waals surface area contributed by atoms with Crippen LogP contribution in [0.2, 0.25) is 0 Å². The van der Waals surface area contributed by atoms with Crippen molar-refractivity contribution in [2.24, 2.45) is 0 Å². The van der Waals surface area contributed by atoms with Crippen LogP contribution < -0.4 is 15.5 Å². The van der Waals surface area contributed by atoms with E-state index in [4.69, 9.17) is 0 Å². The SMILES string of the molecule is CCCN(CC)c1ccc(C(=O)Nc2ccc3c(c2F)CCNC3)cc1. The Balaban J connectivity index is 1.74. The fourth-order valence-electron chi connectivity index (χ4n) is 3.39. The van der Waals surface area contributed by atoms with Gasteiger partial charge in [0.2, 0.25) is 0 Å². The van der Waals surface area contributed by atoms with Crippen LogP contribution in [0.25, 0.3) is 0 Å². The number of hydrogen-bond donors (Lipinski definition) is 2. The van der Waals surface area contributed by atoms with Crippen LogP contribution in [0.4, 0.5) is 15.8 Å². The van der Waals surface area contributed by atoms with Crippen molar-refractivity contribution in [1.29, 1.82) is 0 Å². The highest BCUT2D eigenvalue weighted by Crippen LogP contribution is 2.25. The van der Waals surface area contributed by atoms with Gasteiger partial charge in [-0.3, -0.25) is 4.79 Å². The van der Waals surface area contributed by atoms with Crippen molar-refractivity contribution in [3.8, 4) is 0 Å². The van der Waals surface area contributed by atoms with Crippen molar-refractivity contribution >= 4 is 17.3 Å². The third-order valence-corrected chi connectivity index (χ3v) is 4.83. The maximum absolute atomic E-state index is 14.7. The molecule has 1 aliphatic heterocycles. The van der Waals surface area contributed by atoms with Gasteiger partial charge in [-0.25, -0.2) is 4.39 Å². The summed E-state index contributed by atoms with van der Waals surface area (Å²) in [5.74, 6) is -0.600. The lowest BCUT2D eigenvalue weighted by molar-refractivity contribution is 0.102. The van der Waals surface area contributed by atoms with Crippen LogP contribution in [-0.4, -0.2) is 25.5 Å². The van der Waals surface area contributed by atoms with Gasteiger partial charge >= 0.3 is 0 Å². The standard InChI is InChI=1S/C21H26FN3O/c1-3-13-25(4-2)17-8-5-15(6-9-17)21(26)24-19-10-7-16-14-23-12-11-18(16)20(19)22/h5-10,23H,3-4,11-14H2,1-2H3,(H,24,26). The number of amides is 1. The normalized spacial score (nSPS) is 13.2. The minimum absolute atomic E-state index is 0.251. The van der Waals surface area contributed by atoms with Gasteiger partial charge in [0.15, 0.2) is 0 Å². The Labute approximate surface area is 154 Å². The number of benzene rings is 2. The molecule has 2 N–H and O–H groups in total. The number of nitrogens with zero attached hydrogens (tertiary/aromatic N) is 1. The second-order valence-corrected chi connectivity index (χ2v) is 6.57. The molecule has 0 unspecified atom stereocenters. The highest BCUT2D eigenvalue weighted by Gasteiger charge is 2.18. The van der Waals surface area contributed by atoms with Gasteiger partial charge in [0.25, 0.3) is 5.91 Å². The molecule has 3 rings (SSSR count). The zero-order chi connectivity index (χ0) is 18.5. The van der Waals surface area contributed by atoms with E-state index in [9.17, 15) is 9.18 Å². The largest absolute Gasteiger partial charge is 0.372 e. The van der Waals surface area contributed by atoms with Gasteiger partial charge in [0.1, 0.15) is 5.82 Å². The Hall–Kier alpha value is -2.40. The summed E-state index contributed by atoms with van der Waals surface area (Å²) in [4.78, 5) is 14.8. The maximum atomic E-state index is 14.7. The van der Waals surface area contributed by atoms with E-state index in [-0.39, 0.29) is 17.4 Å². The first-order valence-corrected chi connectivity index (χ1v) is 9.31. The molecule has 0 spiro atoms. The van der Waals surface area contributed by atoms with Gasteiger partial charge in [-0.1, -0.05) is 13.0 Å². The molecule has 0 atom stereocenters. The first-order chi connectivity index (χ1) is 12.6. The van der Waals surface area contributed by atoms with Crippen molar-refractivity contribution in [3.63, 3.8) is 0 Å². The molecule has 2 aromatic rings. The number of hydrogen-bond acceptors (Lipinski definition) is 3. The molecule has 26 heavy (non-hydrogen) atoms. The second kappa shape index (κ2) is 8.32.